The molecule has 9 nitrogen and oxygen atoms in total. The molecule has 0 rings (SSSR count). The highest BCUT2D eigenvalue weighted by atomic mass is 31.2. The lowest BCUT2D eigenvalue weighted by atomic mass is 10.1. The van der Waals surface area contributed by atoms with Gasteiger partial charge in [0.05, 0.1) is 12.7 Å². The number of ether oxygens (including phenoxy) is 2. The number of phosphoric acid groups is 1. The van der Waals surface area contributed by atoms with Crippen molar-refractivity contribution in [3.05, 3.63) is 60.8 Å². The number of phosphoric ester groups is 1. The number of aliphatic hydroxyl groups excluding tert-OH is 1. The summed E-state index contributed by atoms with van der Waals surface area (Å²) in [5, 5.41) is 10.1. The molecule has 2 atom stereocenters. The summed E-state index contributed by atoms with van der Waals surface area (Å²) < 4.78 is 26.3. The van der Waals surface area contributed by atoms with Crippen LogP contribution in [0.4, 0.5) is 0 Å². The Bertz CT molecular complexity index is 1060. The zero-order valence-corrected chi connectivity index (χ0v) is 34.2. The van der Waals surface area contributed by atoms with Gasteiger partial charge in [-0.05, 0) is 70.6 Å². The molecule has 0 aromatic carbocycles. The summed E-state index contributed by atoms with van der Waals surface area (Å²) in [7, 11) is -4.79. The molecule has 0 heterocycles. The largest absolute Gasteiger partial charge is 0.469 e. The lowest BCUT2D eigenvalue weighted by Crippen LogP contribution is -2.29. The first-order chi connectivity index (χ1) is 25.7. The minimum atomic E-state index is -4.79. The van der Waals surface area contributed by atoms with Crippen molar-refractivity contribution >= 4 is 19.8 Å². The van der Waals surface area contributed by atoms with Crippen LogP contribution < -0.4 is 0 Å². The average Bonchev–Trinajstić information content (AvgIpc) is 3.12. The lowest BCUT2D eigenvalue weighted by molar-refractivity contribution is -0.161. The average molecular weight is 767 g/mol. The van der Waals surface area contributed by atoms with Crippen molar-refractivity contribution in [2.75, 3.05) is 13.2 Å². The van der Waals surface area contributed by atoms with E-state index in [4.69, 9.17) is 19.3 Å². The summed E-state index contributed by atoms with van der Waals surface area (Å²) in [4.78, 5) is 42.8. The van der Waals surface area contributed by atoms with Crippen LogP contribution in [0.2, 0.25) is 0 Å². The van der Waals surface area contributed by atoms with Crippen LogP contribution in [0.5, 0.6) is 0 Å². The van der Waals surface area contributed by atoms with Crippen molar-refractivity contribution < 1.29 is 43.0 Å². The standard InChI is InChI=1S/C43H75O9P/c1-3-5-7-9-11-13-14-15-16-17-18-19-20-22-24-28-32-36-42(45)50-38-41(39-51-53(47,48)49)52-43(46)37-33-29-25-27-31-35-40(44)34-30-26-23-21-12-10-8-6-4-2/h12,15-16,21,25-27,30-31,35,40-41,44H,3-11,13-14,17-20,22-24,28-29,32-34,36-39H2,1-2H3,(H2,47,48,49)/b16-15-,21-12-,27-25+,30-26-,35-31-/t40?,41-/m1/s1. The van der Waals surface area contributed by atoms with Crippen molar-refractivity contribution in [3.8, 4) is 0 Å². The second-order valence-electron chi connectivity index (χ2n) is 13.8. The van der Waals surface area contributed by atoms with Gasteiger partial charge in [0, 0.05) is 12.8 Å². The first-order valence-corrected chi connectivity index (χ1v) is 22.2. The van der Waals surface area contributed by atoms with Gasteiger partial charge in [-0.2, -0.15) is 0 Å². The SMILES string of the molecule is CCCCC/C=C\C/C=C\CC(O)/C=C\C=C\CCCC(=O)O[C@H](COC(=O)CCCCCCCCC/C=C\CCCCCCCC)COP(=O)(O)O. The number of carbonyl (C=O) groups excluding carboxylic acids is 2. The fourth-order valence-corrected chi connectivity index (χ4v) is 5.80. The smallest absolute Gasteiger partial charge is 0.462 e. The number of hydrogen-bond donors (Lipinski definition) is 3. The molecule has 1 unspecified atom stereocenters. The van der Waals surface area contributed by atoms with Gasteiger partial charge in [-0.1, -0.05) is 152 Å². The number of rotatable bonds is 37. The summed E-state index contributed by atoms with van der Waals surface area (Å²) >= 11 is 0. The zero-order valence-electron chi connectivity index (χ0n) is 33.3. The predicted octanol–water partition coefficient (Wildman–Crippen LogP) is 11.5. The van der Waals surface area contributed by atoms with E-state index in [1.807, 2.05) is 18.2 Å². The van der Waals surface area contributed by atoms with Gasteiger partial charge in [0.15, 0.2) is 6.10 Å². The van der Waals surface area contributed by atoms with Gasteiger partial charge in [-0.3, -0.25) is 14.1 Å². The molecular weight excluding hydrogens is 691 g/mol. The number of carbonyl (C=O) groups is 2. The van der Waals surface area contributed by atoms with Crippen LogP contribution in [0.1, 0.15) is 174 Å². The molecule has 10 heteroatoms. The molecule has 0 spiro atoms. The predicted molar refractivity (Wildman–Crippen MR) is 217 cm³/mol. The Morgan fingerprint density at radius 3 is 1.74 bits per heavy atom. The van der Waals surface area contributed by atoms with Gasteiger partial charge in [0.2, 0.25) is 0 Å². The molecule has 0 aromatic rings. The molecular formula is C43H75O9P. The minimum Gasteiger partial charge on any atom is -0.462 e. The number of allylic oxidation sites excluding steroid dienone is 8. The maximum Gasteiger partial charge on any atom is 0.469 e. The highest BCUT2D eigenvalue weighted by Gasteiger charge is 2.22. The Morgan fingerprint density at radius 2 is 1.09 bits per heavy atom. The van der Waals surface area contributed by atoms with E-state index in [2.05, 4.69) is 48.8 Å². The van der Waals surface area contributed by atoms with Crippen molar-refractivity contribution in [3.63, 3.8) is 0 Å². The van der Waals surface area contributed by atoms with Crippen LogP contribution in [-0.2, 0) is 28.2 Å². The maximum atomic E-state index is 12.4. The van der Waals surface area contributed by atoms with Crippen molar-refractivity contribution in [2.24, 2.45) is 0 Å². The Balaban J connectivity index is 4.12. The van der Waals surface area contributed by atoms with E-state index in [9.17, 15) is 19.3 Å². The zero-order chi connectivity index (χ0) is 39.1. The molecule has 0 aliphatic rings. The van der Waals surface area contributed by atoms with Crippen LogP contribution in [0, 0.1) is 0 Å². The summed E-state index contributed by atoms with van der Waals surface area (Å²) in [6.45, 7) is 3.52. The molecule has 3 N–H and O–H groups in total. The van der Waals surface area contributed by atoms with Gasteiger partial charge < -0.3 is 24.4 Å². The summed E-state index contributed by atoms with van der Waals surface area (Å²) in [5.74, 6) is -1.02. The van der Waals surface area contributed by atoms with Gasteiger partial charge in [0.1, 0.15) is 6.61 Å². The van der Waals surface area contributed by atoms with E-state index >= 15 is 0 Å². The Hall–Kier alpha value is -2.29. The van der Waals surface area contributed by atoms with Crippen molar-refractivity contribution in [1.29, 1.82) is 0 Å². The van der Waals surface area contributed by atoms with Crippen LogP contribution in [-0.4, -0.2) is 52.3 Å². The molecule has 0 aliphatic carbocycles. The third kappa shape index (κ3) is 40.7. The number of aliphatic hydroxyl groups is 1. The molecule has 0 saturated carbocycles. The molecule has 306 valence electrons. The Labute approximate surface area is 322 Å². The molecule has 0 aliphatic heterocycles. The van der Waals surface area contributed by atoms with E-state index in [1.165, 1.54) is 83.5 Å². The van der Waals surface area contributed by atoms with E-state index in [0.29, 0.717) is 25.7 Å². The van der Waals surface area contributed by atoms with Crippen molar-refractivity contribution in [1.82, 2.24) is 0 Å². The van der Waals surface area contributed by atoms with Crippen LogP contribution in [0.25, 0.3) is 0 Å². The second kappa shape index (κ2) is 38.0. The van der Waals surface area contributed by atoms with Gasteiger partial charge >= 0.3 is 19.8 Å². The highest BCUT2D eigenvalue weighted by molar-refractivity contribution is 7.46. The summed E-state index contributed by atoms with van der Waals surface area (Å²) in [5.41, 5.74) is 0. The monoisotopic (exact) mass is 767 g/mol. The lowest BCUT2D eigenvalue weighted by Gasteiger charge is -2.18. The topological polar surface area (TPSA) is 140 Å². The summed E-state index contributed by atoms with van der Waals surface area (Å²) in [6, 6.07) is 0. The number of hydrogen-bond acceptors (Lipinski definition) is 7. The minimum absolute atomic E-state index is 0.0742. The quantitative estimate of drug-likeness (QED) is 0.0185. The fraction of sp³-hybridized carbons (Fsp3) is 0.721. The van der Waals surface area contributed by atoms with Gasteiger partial charge in [-0.25, -0.2) is 4.57 Å². The van der Waals surface area contributed by atoms with Crippen molar-refractivity contribution in [2.45, 2.75) is 187 Å². The fourth-order valence-electron chi connectivity index (χ4n) is 5.44. The number of esters is 2. The molecule has 0 bridgehead atoms. The van der Waals surface area contributed by atoms with Crippen LogP contribution in [0.15, 0.2) is 60.8 Å². The Morgan fingerprint density at radius 1 is 0.585 bits per heavy atom. The first-order valence-electron chi connectivity index (χ1n) is 20.7. The molecule has 0 saturated heterocycles. The first kappa shape index (κ1) is 50.7. The van der Waals surface area contributed by atoms with E-state index in [1.54, 1.807) is 12.2 Å². The molecule has 0 fully saturated rings. The third-order valence-corrected chi connectivity index (χ3v) is 9.07. The summed E-state index contributed by atoms with van der Waals surface area (Å²) in [6.07, 6.45) is 44.0. The van der Waals surface area contributed by atoms with Gasteiger partial charge in [0.25, 0.3) is 0 Å². The highest BCUT2D eigenvalue weighted by Crippen LogP contribution is 2.36. The normalized spacial score (nSPS) is 13.7. The molecule has 0 amide bonds. The Kier molecular flexibility index (Phi) is 36.4. The van der Waals surface area contributed by atoms with Crippen LogP contribution >= 0.6 is 7.82 Å². The third-order valence-electron chi connectivity index (χ3n) is 8.59. The maximum absolute atomic E-state index is 12.4. The van der Waals surface area contributed by atoms with Crippen LogP contribution in [0.3, 0.4) is 0 Å². The number of unbranched alkanes of at least 4 members (excludes halogenated alkanes) is 17. The van der Waals surface area contributed by atoms with Gasteiger partial charge in [-0.15, -0.1) is 0 Å². The van der Waals surface area contributed by atoms with E-state index in [0.717, 1.165) is 38.5 Å². The molecule has 53 heavy (non-hydrogen) atoms. The van der Waals surface area contributed by atoms with E-state index < -0.39 is 38.6 Å². The molecule has 0 radical (unpaired) electrons. The molecule has 0 aromatic heterocycles. The van der Waals surface area contributed by atoms with E-state index in [-0.39, 0.29) is 19.4 Å². The second-order valence-corrected chi connectivity index (χ2v) is 15.0.